The van der Waals surface area contributed by atoms with Gasteiger partial charge in [0.05, 0.1) is 12.0 Å². The number of benzene rings is 1. The second-order valence-electron chi connectivity index (χ2n) is 7.50. The van der Waals surface area contributed by atoms with Crippen LogP contribution in [0.25, 0.3) is 11.3 Å². The minimum atomic E-state index is -0.544. The molecule has 0 radical (unpaired) electrons. The van der Waals surface area contributed by atoms with Gasteiger partial charge in [-0.25, -0.2) is 13.8 Å². The minimum Gasteiger partial charge on any atom is -0.299 e. The van der Waals surface area contributed by atoms with Gasteiger partial charge in [0, 0.05) is 43.2 Å². The van der Waals surface area contributed by atoms with Crippen LogP contribution in [0.5, 0.6) is 0 Å². The number of hydrogen-bond donors (Lipinski definition) is 0. The van der Waals surface area contributed by atoms with Gasteiger partial charge in [0.15, 0.2) is 0 Å². The lowest BCUT2D eigenvalue weighted by Crippen LogP contribution is -2.36. The largest absolute Gasteiger partial charge is 0.299 e. The molecule has 0 amide bonds. The molecule has 0 unspecified atom stereocenters. The number of rotatable bonds is 5. The number of pyridine rings is 1. The molecule has 3 heterocycles. The molecule has 0 saturated carbocycles. The van der Waals surface area contributed by atoms with E-state index < -0.39 is 11.6 Å². The summed E-state index contributed by atoms with van der Waals surface area (Å²) in [5, 5.41) is 0. The van der Waals surface area contributed by atoms with Crippen molar-refractivity contribution >= 4 is 0 Å². The van der Waals surface area contributed by atoms with Gasteiger partial charge in [-0.05, 0) is 61.7 Å². The fourth-order valence-electron chi connectivity index (χ4n) is 3.81. The van der Waals surface area contributed by atoms with Gasteiger partial charge >= 0.3 is 0 Å². The van der Waals surface area contributed by atoms with E-state index in [2.05, 4.69) is 14.9 Å². The molecule has 0 aliphatic carbocycles. The van der Waals surface area contributed by atoms with Gasteiger partial charge in [0.2, 0.25) is 0 Å². The van der Waals surface area contributed by atoms with Crippen LogP contribution >= 0.6 is 0 Å². The molecule has 0 bridgehead atoms. The molecule has 2 aromatic heterocycles. The number of likely N-dealkylation sites (tertiary alicyclic amines) is 1. The number of piperidine rings is 1. The highest BCUT2D eigenvalue weighted by Gasteiger charge is 2.20. The van der Waals surface area contributed by atoms with Crippen molar-refractivity contribution in [2.45, 2.75) is 25.9 Å². The summed E-state index contributed by atoms with van der Waals surface area (Å²) in [7, 11) is 0. The minimum absolute atomic E-state index is 0.0653. The molecule has 1 saturated heterocycles. The highest BCUT2D eigenvalue weighted by atomic mass is 19.1. The summed E-state index contributed by atoms with van der Waals surface area (Å²) in [6.07, 6.45) is 6.82. The molecule has 3 aromatic rings. The molecule has 1 aliphatic heterocycles. The van der Waals surface area contributed by atoms with E-state index in [1.165, 1.54) is 12.1 Å². The van der Waals surface area contributed by atoms with E-state index in [9.17, 15) is 13.6 Å². The standard InChI is InChI=1S/C22H22F2N4O/c23-19-9-17(10-20(24)11-19)13-27-7-3-16(4-8-27)14-28-15-26-21(12-22(28)29)18-1-5-25-6-2-18/h1-2,5-6,9-12,15-16H,3-4,7-8,13-14H2. The monoisotopic (exact) mass is 396 g/mol. The van der Waals surface area contributed by atoms with Gasteiger partial charge in [-0.1, -0.05) is 0 Å². The predicted molar refractivity (Wildman–Crippen MR) is 106 cm³/mol. The van der Waals surface area contributed by atoms with Crippen LogP contribution in [0.3, 0.4) is 0 Å². The molecule has 7 heteroatoms. The van der Waals surface area contributed by atoms with E-state index in [0.29, 0.717) is 30.3 Å². The first-order valence-electron chi connectivity index (χ1n) is 9.71. The van der Waals surface area contributed by atoms with E-state index >= 15 is 0 Å². The predicted octanol–water partition coefficient (Wildman–Crippen LogP) is 3.50. The van der Waals surface area contributed by atoms with Crippen molar-refractivity contribution in [1.82, 2.24) is 19.4 Å². The van der Waals surface area contributed by atoms with Crippen molar-refractivity contribution in [1.29, 1.82) is 0 Å². The lowest BCUT2D eigenvalue weighted by molar-refractivity contribution is 0.166. The molecule has 29 heavy (non-hydrogen) atoms. The van der Waals surface area contributed by atoms with Crippen LogP contribution in [0.15, 0.2) is 59.9 Å². The SMILES string of the molecule is O=c1cc(-c2ccncc2)ncn1CC1CCN(Cc2cc(F)cc(F)c2)CC1. The molecular weight excluding hydrogens is 374 g/mol. The third kappa shape index (κ3) is 4.92. The molecule has 0 spiro atoms. The van der Waals surface area contributed by atoms with E-state index in [-0.39, 0.29) is 5.56 Å². The maximum Gasteiger partial charge on any atom is 0.253 e. The van der Waals surface area contributed by atoms with Crippen LogP contribution < -0.4 is 5.56 Å². The van der Waals surface area contributed by atoms with E-state index in [0.717, 1.165) is 37.6 Å². The molecular formula is C22H22F2N4O. The second-order valence-corrected chi connectivity index (χ2v) is 7.50. The third-order valence-corrected chi connectivity index (χ3v) is 5.35. The molecule has 1 aromatic carbocycles. The van der Waals surface area contributed by atoms with Crippen molar-refractivity contribution in [3.63, 3.8) is 0 Å². The van der Waals surface area contributed by atoms with E-state index in [1.807, 2.05) is 12.1 Å². The molecule has 1 fully saturated rings. The van der Waals surface area contributed by atoms with E-state index in [4.69, 9.17) is 0 Å². The van der Waals surface area contributed by atoms with Crippen LogP contribution in [-0.2, 0) is 13.1 Å². The van der Waals surface area contributed by atoms with Gasteiger partial charge in [-0.2, -0.15) is 0 Å². The summed E-state index contributed by atoms with van der Waals surface area (Å²) < 4.78 is 28.4. The second kappa shape index (κ2) is 8.61. The Morgan fingerprint density at radius 1 is 1.00 bits per heavy atom. The van der Waals surface area contributed by atoms with Crippen molar-refractivity contribution in [2.75, 3.05) is 13.1 Å². The first-order valence-corrected chi connectivity index (χ1v) is 9.71. The Morgan fingerprint density at radius 2 is 1.69 bits per heavy atom. The zero-order chi connectivity index (χ0) is 20.2. The summed E-state index contributed by atoms with van der Waals surface area (Å²) >= 11 is 0. The highest BCUT2D eigenvalue weighted by Crippen LogP contribution is 2.21. The van der Waals surface area contributed by atoms with Crippen LogP contribution in [-0.4, -0.2) is 32.5 Å². The third-order valence-electron chi connectivity index (χ3n) is 5.35. The van der Waals surface area contributed by atoms with Gasteiger partial charge < -0.3 is 0 Å². The molecule has 5 nitrogen and oxygen atoms in total. The topological polar surface area (TPSA) is 51.0 Å². The number of aromatic nitrogens is 3. The maximum atomic E-state index is 13.4. The quantitative estimate of drug-likeness (QED) is 0.663. The molecule has 0 N–H and O–H groups in total. The fraction of sp³-hybridized carbons (Fsp3) is 0.318. The Hall–Kier alpha value is -2.93. The molecule has 0 atom stereocenters. The van der Waals surface area contributed by atoms with E-state index in [1.54, 1.807) is 29.4 Å². The van der Waals surface area contributed by atoms with Crippen LogP contribution in [0.2, 0.25) is 0 Å². The number of nitrogens with zero attached hydrogens (tertiary/aromatic N) is 4. The summed E-state index contributed by atoms with van der Waals surface area (Å²) in [4.78, 5) is 23.1. The van der Waals surface area contributed by atoms with Crippen LogP contribution in [0.4, 0.5) is 8.78 Å². The van der Waals surface area contributed by atoms with Crippen LogP contribution in [0.1, 0.15) is 18.4 Å². The smallest absolute Gasteiger partial charge is 0.253 e. The molecule has 150 valence electrons. The maximum absolute atomic E-state index is 13.4. The Bertz CT molecular complexity index is 1010. The summed E-state index contributed by atoms with van der Waals surface area (Å²) in [6.45, 7) is 2.83. The summed E-state index contributed by atoms with van der Waals surface area (Å²) in [6, 6.07) is 8.86. The Kier molecular flexibility index (Phi) is 5.76. The lowest BCUT2D eigenvalue weighted by atomic mass is 9.96. The first kappa shape index (κ1) is 19.4. The van der Waals surface area contributed by atoms with Crippen molar-refractivity contribution < 1.29 is 8.78 Å². The van der Waals surface area contributed by atoms with Crippen molar-refractivity contribution in [3.8, 4) is 11.3 Å². The normalized spacial score (nSPS) is 15.5. The zero-order valence-corrected chi connectivity index (χ0v) is 16.0. The Labute approximate surface area is 167 Å². The van der Waals surface area contributed by atoms with Crippen molar-refractivity contribution in [2.24, 2.45) is 5.92 Å². The average Bonchev–Trinajstić information content (AvgIpc) is 2.71. The summed E-state index contributed by atoms with van der Waals surface area (Å²) in [5.41, 5.74) is 2.09. The molecule has 1 aliphatic rings. The fourth-order valence-corrected chi connectivity index (χ4v) is 3.81. The Morgan fingerprint density at radius 3 is 2.34 bits per heavy atom. The van der Waals surface area contributed by atoms with Crippen molar-refractivity contribution in [3.05, 3.63) is 82.7 Å². The van der Waals surface area contributed by atoms with Gasteiger partial charge in [-0.3, -0.25) is 19.2 Å². The molecule has 4 rings (SSSR count). The Balaban J connectivity index is 1.34. The number of hydrogen-bond acceptors (Lipinski definition) is 4. The highest BCUT2D eigenvalue weighted by molar-refractivity contribution is 5.57. The average molecular weight is 396 g/mol. The van der Waals surface area contributed by atoms with Gasteiger partial charge in [0.1, 0.15) is 11.6 Å². The summed E-state index contributed by atoms with van der Waals surface area (Å²) in [5.74, 6) is -0.712. The number of halogens is 2. The van der Waals surface area contributed by atoms with Gasteiger partial charge in [-0.15, -0.1) is 0 Å². The first-order chi connectivity index (χ1) is 14.1. The zero-order valence-electron chi connectivity index (χ0n) is 16.0. The van der Waals surface area contributed by atoms with Gasteiger partial charge in [0.25, 0.3) is 5.56 Å². The van der Waals surface area contributed by atoms with Crippen LogP contribution in [0, 0.1) is 17.6 Å². The lowest BCUT2D eigenvalue weighted by Gasteiger charge is -2.32.